The minimum Gasteiger partial charge on any atom is -0.339 e. The van der Waals surface area contributed by atoms with Crippen LogP contribution in [0.4, 0.5) is 4.39 Å². The largest absolute Gasteiger partial charge is 0.339 e. The summed E-state index contributed by atoms with van der Waals surface area (Å²) >= 11 is 3.13. The molecule has 1 heterocycles. The minimum absolute atomic E-state index is 0.125. The summed E-state index contributed by atoms with van der Waals surface area (Å²) in [6.45, 7) is 2.55. The molecule has 4 nitrogen and oxygen atoms in total. The normalized spacial score (nSPS) is 12.7. The van der Waals surface area contributed by atoms with Crippen LogP contribution in [0.3, 0.4) is 0 Å². The van der Waals surface area contributed by atoms with Crippen LogP contribution in [-0.4, -0.2) is 16.7 Å². The first-order valence-electron chi connectivity index (χ1n) is 5.61. The molecule has 0 saturated heterocycles. The Balaban J connectivity index is 2.26. The van der Waals surface area contributed by atoms with E-state index < -0.39 is 0 Å². The van der Waals surface area contributed by atoms with E-state index in [0.29, 0.717) is 28.3 Å². The molecule has 2 N–H and O–H groups in total. The van der Waals surface area contributed by atoms with E-state index in [9.17, 15) is 4.39 Å². The van der Waals surface area contributed by atoms with Gasteiger partial charge in [0.05, 0.1) is 4.47 Å². The van der Waals surface area contributed by atoms with Crippen molar-refractivity contribution in [3.05, 3.63) is 34.4 Å². The fourth-order valence-corrected chi connectivity index (χ4v) is 1.94. The smallest absolute Gasteiger partial charge is 0.229 e. The Kier molecular flexibility index (Phi) is 4.08. The van der Waals surface area contributed by atoms with Crippen molar-refractivity contribution >= 4 is 15.9 Å². The number of halogens is 2. The number of nitrogens with zero attached hydrogens (tertiary/aromatic N) is 2. The van der Waals surface area contributed by atoms with E-state index in [4.69, 9.17) is 10.3 Å². The van der Waals surface area contributed by atoms with E-state index in [2.05, 4.69) is 26.1 Å². The molecule has 0 saturated carbocycles. The van der Waals surface area contributed by atoms with Gasteiger partial charge < -0.3 is 10.3 Å². The molecule has 0 radical (unpaired) electrons. The lowest BCUT2D eigenvalue weighted by molar-refractivity contribution is 0.355. The molecule has 2 rings (SSSR count). The standard InChI is InChI=1S/C12H13BrFN3O/c1-7(4-5-15)12-16-11(17-18-12)8-2-3-10(14)9(13)6-8/h2-3,6-7H,4-5,15H2,1H3. The van der Waals surface area contributed by atoms with Gasteiger partial charge in [-0.25, -0.2) is 4.39 Å². The van der Waals surface area contributed by atoms with Crippen LogP contribution in [0.5, 0.6) is 0 Å². The molecule has 1 aromatic carbocycles. The Hall–Kier alpha value is -1.27. The van der Waals surface area contributed by atoms with E-state index in [1.165, 1.54) is 6.07 Å². The van der Waals surface area contributed by atoms with Gasteiger partial charge in [0.15, 0.2) is 0 Å². The fraction of sp³-hybridized carbons (Fsp3) is 0.333. The number of hydrogen-bond acceptors (Lipinski definition) is 4. The molecule has 0 amide bonds. The average molecular weight is 314 g/mol. The lowest BCUT2D eigenvalue weighted by Crippen LogP contribution is -2.04. The van der Waals surface area contributed by atoms with E-state index in [-0.39, 0.29) is 11.7 Å². The van der Waals surface area contributed by atoms with Crippen molar-refractivity contribution in [1.82, 2.24) is 10.1 Å². The van der Waals surface area contributed by atoms with Crippen LogP contribution in [-0.2, 0) is 0 Å². The van der Waals surface area contributed by atoms with Crippen molar-refractivity contribution in [2.75, 3.05) is 6.54 Å². The second-order valence-corrected chi connectivity index (χ2v) is 4.92. The molecule has 2 aromatic rings. The lowest BCUT2D eigenvalue weighted by atomic mass is 10.1. The van der Waals surface area contributed by atoms with Gasteiger partial charge in [-0.05, 0) is 47.1 Å². The monoisotopic (exact) mass is 313 g/mol. The molecule has 18 heavy (non-hydrogen) atoms. The Morgan fingerprint density at radius 1 is 1.50 bits per heavy atom. The molecule has 1 atom stereocenters. The van der Waals surface area contributed by atoms with Crippen molar-refractivity contribution in [1.29, 1.82) is 0 Å². The van der Waals surface area contributed by atoms with Crippen molar-refractivity contribution in [3.63, 3.8) is 0 Å². The minimum atomic E-state index is -0.320. The van der Waals surface area contributed by atoms with Crippen LogP contribution in [0.15, 0.2) is 27.2 Å². The lowest BCUT2D eigenvalue weighted by Gasteiger charge is -2.01. The SMILES string of the molecule is CC(CCN)c1nc(-c2ccc(F)c(Br)c2)no1. The third-order valence-corrected chi connectivity index (χ3v) is 3.25. The highest BCUT2D eigenvalue weighted by Crippen LogP contribution is 2.25. The zero-order valence-electron chi connectivity index (χ0n) is 9.86. The van der Waals surface area contributed by atoms with E-state index >= 15 is 0 Å². The Bertz CT molecular complexity index is 544. The molecule has 0 fully saturated rings. The molecule has 1 aromatic heterocycles. The van der Waals surface area contributed by atoms with Crippen molar-refractivity contribution in [3.8, 4) is 11.4 Å². The van der Waals surface area contributed by atoms with Crippen LogP contribution in [0, 0.1) is 5.82 Å². The number of aromatic nitrogens is 2. The van der Waals surface area contributed by atoms with Gasteiger partial charge in [-0.15, -0.1) is 0 Å². The van der Waals surface area contributed by atoms with Gasteiger partial charge in [-0.3, -0.25) is 0 Å². The highest BCUT2D eigenvalue weighted by molar-refractivity contribution is 9.10. The summed E-state index contributed by atoms with van der Waals surface area (Å²) in [6, 6.07) is 4.60. The fourth-order valence-electron chi connectivity index (χ4n) is 1.56. The molecular formula is C12H13BrFN3O. The van der Waals surface area contributed by atoms with Gasteiger partial charge in [0.2, 0.25) is 11.7 Å². The predicted molar refractivity (Wildman–Crippen MR) is 69.5 cm³/mol. The van der Waals surface area contributed by atoms with Gasteiger partial charge in [0, 0.05) is 11.5 Å². The summed E-state index contributed by atoms with van der Waals surface area (Å²) in [5, 5.41) is 3.89. The second-order valence-electron chi connectivity index (χ2n) is 4.06. The number of benzene rings is 1. The van der Waals surface area contributed by atoms with E-state index in [0.717, 1.165) is 6.42 Å². The third kappa shape index (κ3) is 2.76. The first-order valence-corrected chi connectivity index (χ1v) is 6.40. The van der Waals surface area contributed by atoms with Gasteiger partial charge >= 0.3 is 0 Å². The zero-order valence-corrected chi connectivity index (χ0v) is 11.4. The summed E-state index contributed by atoms with van der Waals surface area (Å²) in [4.78, 5) is 4.29. The van der Waals surface area contributed by atoms with Crippen LogP contribution in [0.1, 0.15) is 25.2 Å². The van der Waals surface area contributed by atoms with Crippen LogP contribution in [0.25, 0.3) is 11.4 Å². The Labute approximate surface area is 113 Å². The molecule has 96 valence electrons. The first kappa shape index (κ1) is 13.2. The van der Waals surface area contributed by atoms with Crippen molar-refractivity contribution in [2.45, 2.75) is 19.3 Å². The first-order chi connectivity index (χ1) is 8.61. The summed E-state index contributed by atoms with van der Waals surface area (Å²) in [6.07, 6.45) is 0.786. The maximum atomic E-state index is 13.1. The molecule has 0 aliphatic carbocycles. The Morgan fingerprint density at radius 2 is 2.28 bits per heavy atom. The van der Waals surface area contributed by atoms with Crippen LogP contribution in [0.2, 0.25) is 0 Å². The quantitative estimate of drug-likeness (QED) is 0.942. The summed E-state index contributed by atoms with van der Waals surface area (Å²) in [5.41, 5.74) is 6.19. The molecule has 6 heteroatoms. The van der Waals surface area contributed by atoms with Crippen molar-refractivity contribution in [2.24, 2.45) is 5.73 Å². The Morgan fingerprint density at radius 3 is 2.94 bits per heavy atom. The average Bonchev–Trinajstić information content (AvgIpc) is 2.82. The molecule has 0 aliphatic heterocycles. The molecule has 0 aliphatic rings. The van der Waals surface area contributed by atoms with Gasteiger partial charge in [-0.2, -0.15) is 4.98 Å². The molecule has 1 unspecified atom stereocenters. The van der Waals surface area contributed by atoms with Gasteiger partial charge in [0.25, 0.3) is 0 Å². The van der Waals surface area contributed by atoms with Gasteiger partial charge in [0.1, 0.15) is 5.82 Å². The number of hydrogen-bond donors (Lipinski definition) is 1. The maximum Gasteiger partial charge on any atom is 0.229 e. The van der Waals surface area contributed by atoms with E-state index in [1.54, 1.807) is 12.1 Å². The molecule has 0 bridgehead atoms. The zero-order chi connectivity index (χ0) is 13.1. The predicted octanol–water partition coefficient (Wildman–Crippen LogP) is 3.09. The second kappa shape index (κ2) is 5.58. The molecular weight excluding hydrogens is 301 g/mol. The van der Waals surface area contributed by atoms with Crippen LogP contribution >= 0.6 is 15.9 Å². The van der Waals surface area contributed by atoms with Crippen molar-refractivity contribution < 1.29 is 8.91 Å². The number of nitrogens with two attached hydrogens (primary N) is 1. The summed E-state index contributed by atoms with van der Waals surface area (Å²) < 4.78 is 18.7. The van der Waals surface area contributed by atoms with E-state index in [1.807, 2.05) is 6.92 Å². The highest BCUT2D eigenvalue weighted by Gasteiger charge is 2.15. The molecule has 0 spiro atoms. The van der Waals surface area contributed by atoms with Gasteiger partial charge in [-0.1, -0.05) is 12.1 Å². The summed E-state index contributed by atoms with van der Waals surface area (Å²) in [5.74, 6) is 0.810. The maximum absolute atomic E-state index is 13.1. The third-order valence-electron chi connectivity index (χ3n) is 2.64. The number of rotatable bonds is 4. The summed E-state index contributed by atoms with van der Waals surface area (Å²) in [7, 11) is 0. The van der Waals surface area contributed by atoms with Crippen LogP contribution < -0.4 is 5.73 Å². The topological polar surface area (TPSA) is 64.9 Å². The highest BCUT2D eigenvalue weighted by atomic mass is 79.9.